The minimum Gasteiger partial charge on any atom is -0.478 e. The Morgan fingerprint density at radius 1 is 1.86 bits per heavy atom. The summed E-state index contributed by atoms with van der Waals surface area (Å²) < 4.78 is 11.1. The second kappa shape index (κ2) is 5.03. The van der Waals surface area contributed by atoms with Crippen LogP contribution in [0.15, 0.2) is 0 Å². The predicted molar refractivity (Wildman–Crippen MR) is 27.2 cm³/mol. The van der Waals surface area contributed by atoms with Gasteiger partial charge in [0.2, 0.25) is 0 Å². The van der Waals surface area contributed by atoms with Gasteiger partial charge >= 0.3 is 5.97 Å². The Kier molecular flexibility index (Phi) is 7.74. The van der Waals surface area contributed by atoms with Gasteiger partial charge in [0.25, 0.3) is 5.08 Å². The van der Waals surface area contributed by atoms with Crippen molar-refractivity contribution in [3.05, 3.63) is 0 Å². The summed E-state index contributed by atoms with van der Waals surface area (Å²) in [4.78, 5) is 9.28. The Morgan fingerprint density at radius 2 is 2.00 bits per heavy atom. The maximum absolute atomic E-state index is 11.1. The van der Waals surface area contributed by atoms with Crippen LogP contribution in [0.25, 0.3) is 0 Å². The Hall–Kier alpha value is 0.880. The molecule has 0 saturated carbocycles. The summed E-state index contributed by atoms with van der Waals surface area (Å²) in [5.74, 6) is -1.49. The first-order valence-electron chi connectivity index (χ1n) is 1.15. The van der Waals surface area contributed by atoms with Crippen molar-refractivity contribution in [1.29, 1.82) is 0 Å². The van der Waals surface area contributed by atoms with Gasteiger partial charge in [-0.05, 0) is 15.9 Å². The second-order valence-electron chi connectivity index (χ2n) is 0.639. The molecule has 2 nitrogen and oxygen atoms in total. The van der Waals surface area contributed by atoms with E-state index in [0.717, 1.165) is 0 Å². The summed E-state index contributed by atoms with van der Waals surface area (Å²) in [6.07, 6.45) is 0. The van der Waals surface area contributed by atoms with Gasteiger partial charge in [-0.2, -0.15) is 0 Å². The Labute approximate surface area is 70.5 Å². The van der Waals surface area contributed by atoms with Crippen LogP contribution in [0.2, 0.25) is 0 Å². The molecule has 1 unspecified atom stereocenters. The molecule has 0 saturated heterocycles. The minimum absolute atomic E-state index is 0. The molecule has 0 aromatic rings. The van der Waals surface area contributed by atoms with Crippen molar-refractivity contribution >= 4 is 51.5 Å². The molecular weight excluding hydrogens is 178 g/mol. The van der Waals surface area contributed by atoms with E-state index >= 15 is 0 Å². The maximum atomic E-state index is 11.1. The van der Waals surface area contributed by atoms with Crippen LogP contribution in [0.3, 0.4) is 0 Å². The smallest absolute Gasteiger partial charge is 0.349 e. The summed E-state index contributed by atoms with van der Waals surface area (Å²) in [6.45, 7) is 0. The van der Waals surface area contributed by atoms with Gasteiger partial charge in [0.1, 0.15) is 0 Å². The first-order chi connectivity index (χ1) is 2.64. The van der Waals surface area contributed by atoms with Crippen molar-refractivity contribution in [3.63, 3.8) is 0 Å². The average Bonchev–Trinajstić information content (AvgIpc) is 1.36. The van der Waals surface area contributed by atoms with Gasteiger partial charge in [0.05, 0.1) is 0 Å². The van der Waals surface area contributed by atoms with E-state index in [1.165, 1.54) is 0 Å². The van der Waals surface area contributed by atoms with Gasteiger partial charge in [-0.15, -0.1) is 0 Å². The summed E-state index contributed by atoms with van der Waals surface area (Å²) in [7, 11) is 0. The molecule has 0 amide bonds. The molecule has 0 rings (SSSR count). The van der Waals surface area contributed by atoms with Gasteiger partial charge < -0.3 is 5.11 Å². The topological polar surface area (TPSA) is 37.3 Å². The number of carboxylic acid groups (broad SMARTS) is 1. The van der Waals surface area contributed by atoms with Gasteiger partial charge in [0, 0.05) is 29.6 Å². The molecule has 5 heteroatoms. The maximum Gasteiger partial charge on any atom is 0.349 e. The van der Waals surface area contributed by atoms with Crippen LogP contribution in [0.5, 0.6) is 0 Å². The zero-order valence-electron chi connectivity index (χ0n) is 3.69. The number of rotatable bonds is 1. The zero-order chi connectivity index (χ0) is 5.15. The average molecular weight is 180 g/mol. The molecule has 0 aliphatic carbocycles. The molecule has 0 fully saturated rings. The standard InChI is InChI=1S/C2H2BrFO2.Na/c3-1(4)2(5)6;/h1H,(H,5,6);. The van der Waals surface area contributed by atoms with Crippen molar-refractivity contribution in [3.8, 4) is 0 Å². The fourth-order valence-electron chi connectivity index (χ4n) is 0. The number of carboxylic acids is 1. The van der Waals surface area contributed by atoms with E-state index in [9.17, 15) is 9.18 Å². The zero-order valence-corrected chi connectivity index (χ0v) is 7.27. The molecule has 0 spiro atoms. The van der Waals surface area contributed by atoms with Crippen LogP contribution in [0.1, 0.15) is 0 Å². The van der Waals surface area contributed by atoms with Crippen molar-refractivity contribution in [2.45, 2.75) is 5.08 Å². The number of halogens is 2. The third-order valence-electron chi connectivity index (χ3n) is 0.187. The van der Waals surface area contributed by atoms with Crippen LogP contribution < -0.4 is 0 Å². The van der Waals surface area contributed by atoms with Crippen LogP contribution in [-0.2, 0) is 4.79 Å². The number of carbonyl (C=O) groups is 1. The Balaban J connectivity index is 0. The number of hydrogen-bond acceptors (Lipinski definition) is 1. The molecule has 0 aromatic carbocycles. The minimum atomic E-state index is -1.92. The molecule has 1 radical (unpaired) electrons. The van der Waals surface area contributed by atoms with E-state index in [1.54, 1.807) is 0 Å². The molecule has 1 atom stereocenters. The first-order valence-corrected chi connectivity index (χ1v) is 2.07. The quantitative estimate of drug-likeness (QED) is 0.467. The van der Waals surface area contributed by atoms with Gasteiger partial charge in [-0.25, -0.2) is 9.18 Å². The first kappa shape index (κ1) is 10.8. The third kappa shape index (κ3) is 6.88. The van der Waals surface area contributed by atoms with E-state index in [2.05, 4.69) is 15.9 Å². The number of aliphatic carboxylic acids is 1. The van der Waals surface area contributed by atoms with E-state index in [4.69, 9.17) is 5.11 Å². The van der Waals surface area contributed by atoms with Crippen LogP contribution in [-0.4, -0.2) is 45.7 Å². The fraction of sp³-hybridized carbons (Fsp3) is 0.500. The SMILES string of the molecule is O=C(O)C(F)Br.[Na]. The Bertz CT molecular complexity index is 66.7. The van der Waals surface area contributed by atoms with Crippen LogP contribution in [0, 0.1) is 0 Å². The summed E-state index contributed by atoms with van der Waals surface area (Å²) in [6, 6.07) is 0. The molecule has 0 aliphatic heterocycles. The molecule has 37 valence electrons. The largest absolute Gasteiger partial charge is 0.478 e. The Morgan fingerprint density at radius 3 is 2.00 bits per heavy atom. The monoisotopic (exact) mass is 179 g/mol. The van der Waals surface area contributed by atoms with Crippen LogP contribution in [0.4, 0.5) is 4.39 Å². The molecule has 1 N–H and O–H groups in total. The van der Waals surface area contributed by atoms with Gasteiger partial charge in [0.15, 0.2) is 0 Å². The normalized spacial score (nSPS) is 11.7. The molecule has 7 heavy (non-hydrogen) atoms. The number of hydrogen-bond donors (Lipinski definition) is 1. The number of alkyl halides is 2. The van der Waals surface area contributed by atoms with E-state index in [1.807, 2.05) is 0 Å². The third-order valence-corrected chi connectivity index (χ3v) is 0.578. The fourth-order valence-corrected chi connectivity index (χ4v) is 0. The summed E-state index contributed by atoms with van der Waals surface area (Å²) in [5.41, 5.74) is 0. The summed E-state index contributed by atoms with van der Waals surface area (Å²) >= 11 is 2.17. The van der Waals surface area contributed by atoms with Gasteiger partial charge in [-0.3, -0.25) is 0 Å². The predicted octanol–water partition coefficient (Wildman–Crippen LogP) is 0.381. The molecular formula is C2H2BrFNaO2. The van der Waals surface area contributed by atoms with Crippen molar-refractivity contribution < 1.29 is 14.3 Å². The van der Waals surface area contributed by atoms with Crippen LogP contribution >= 0.6 is 15.9 Å². The van der Waals surface area contributed by atoms with Gasteiger partial charge in [-0.1, -0.05) is 0 Å². The van der Waals surface area contributed by atoms with E-state index < -0.39 is 11.1 Å². The molecule has 0 aromatic heterocycles. The molecule has 0 aliphatic rings. The van der Waals surface area contributed by atoms with Crippen molar-refractivity contribution in [2.75, 3.05) is 0 Å². The molecule has 0 bridgehead atoms. The molecule has 0 heterocycles. The second-order valence-corrected chi connectivity index (χ2v) is 1.44. The summed E-state index contributed by atoms with van der Waals surface area (Å²) in [5, 5.41) is 5.65. The van der Waals surface area contributed by atoms with Crippen molar-refractivity contribution in [1.82, 2.24) is 0 Å². The van der Waals surface area contributed by atoms with E-state index in [-0.39, 0.29) is 29.6 Å². The van der Waals surface area contributed by atoms with Crippen molar-refractivity contribution in [2.24, 2.45) is 0 Å². The van der Waals surface area contributed by atoms with E-state index in [0.29, 0.717) is 0 Å².